The Morgan fingerprint density at radius 3 is 3.06 bits per heavy atom. The van der Waals surface area contributed by atoms with Crippen molar-refractivity contribution in [3.63, 3.8) is 0 Å². The van der Waals surface area contributed by atoms with Crippen molar-refractivity contribution in [2.45, 2.75) is 13.0 Å². The predicted molar refractivity (Wildman–Crippen MR) is 64.2 cm³/mol. The minimum atomic E-state index is -0.921. The van der Waals surface area contributed by atoms with E-state index in [1.807, 2.05) is 17.5 Å². The molecule has 0 aromatic carbocycles. The molecule has 8 heteroatoms. The van der Waals surface area contributed by atoms with E-state index in [1.165, 1.54) is 16.0 Å². The molecule has 7 nitrogen and oxygen atoms in total. The van der Waals surface area contributed by atoms with Gasteiger partial charge in [-0.3, -0.25) is 4.79 Å². The van der Waals surface area contributed by atoms with E-state index in [0.29, 0.717) is 11.7 Å². The number of aliphatic imine (C=N–C) groups is 1. The summed E-state index contributed by atoms with van der Waals surface area (Å²) in [5, 5.41) is 22.5. The summed E-state index contributed by atoms with van der Waals surface area (Å²) >= 11 is 1.48. The average Bonchev–Trinajstić information content (AvgIpc) is 2.96. The summed E-state index contributed by atoms with van der Waals surface area (Å²) in [5.74, 6) is -1.31. The van der Waals surface area contributed by atoms with Crippen molar-refractivity contribution in [1.82, 2.24) is 20.2 Å². The van der Waals surface area contributed by atoms with Crippen LogP contribution in [0.3, 0.4) is 0 Å². The highest BCUT2D eigenvalue weighted by atomic mass is 32.1. The minimum Gasteiger partial charge on any atom is -0.481 e. The number of rotatable bonds is 2. The summed E-state index contributed by atoms with van der Waals surface area (Å²) in [6.07, 6.45) is 0. The van der Waals surface area contributed by atoms with Gasteiger partial charge in [-0.05, 0) is 28.8 Å². The lowest BCUT2D eigenvalue weighted by Gasteiger charge is -2.26. The molecule has 2 atom stereocenters. The van der Waals surface area contributed by atoms with Gasteiger partial charge in [0, 0.05) is 10.6 Å². The van der Waals surface area contributed by atoms with Crippen LogP contribution in [0.1, 0.15) is 17.8 Å². The third-order valence-corrected chi connectivity index (χ3v) is 3.82. The molecule has 0 saturated heterocycles. The third-order valence-electron chi connectivity index (χ3n) is 2.88. The molecular formula is C10H9N5O2S. The standard InChI is InChI=1S/C10H9N5O2S/c1-5-7(9(16)17)8(6-3-2-4-18-6)15-10(11-5)12-13-14-15/h2-4,7-8H,1H3,(H,16,17). The molecule has 0 radical (unpaired) electrons. The summed E-state index contributed by atoms with van der Waals surface area (Å²) in [7, 11) is 0. The number of carboxylic acid groups (broad SMARTS) is 1. The molecule has 1 aliphatic heterocycles. The van der Waals surface area contributed by atoms with E-state index in [2.05, 4.69) is 20.5 Å². The van der Waals surface area contributed by atoms with Crippen molar-refractivity contribution >= 4 is 29.0 Å². The number of thiophene rings is 1. The summed E-state index contributed by atoms with van der Waals surface area (Å²) in [6, 6.07) is 3.34. The van der Waals surface area contributed by atoms with Crippen molar-refractivity contribution in [3.05, 3.63) is 22.4 Å². The van der Waals surface area contributed by atoms with Crippen molar-refractivity contribution in [3.8, 4) is 0 Å². The SMILES string of the molecule is CC1=Nc2nnnn2C(c2cccs2)C1C(=O)O. The lowest BCUT2D eigenvalue weighted by molar-refractivity contribution is -0.140. The predicted octanol–water partition coefficient (Wildman–Crippen LogP) is 1.13. The minimum absolute atomic E-state index is 0.350. The van der Waals surface area contributed by atoms with Crippen molar-refractivity contribution < 1.29 is 9.90 Å². The average molecular weight is 263 g/mol. The number of carbonyl (C=O) groups is 1. The zero-order chi connectivity index (χ0) is 12.7. The summed E-state index contributed by atoms with van der Waals surface area (Å²) in [6.45, 7) is 1.69. The van der Waals surface area contributed by atoms with E-state index in [1.54, 1.807) is 6.92 Å². The fourth-order valence-corrected chi connectivity index (χ4v) is 2.94. The Morgan fingerprint density at radius 2 is 2.39 bits per heavy atom. The van der Waals surface area contributed by atoms with Crippen LogP contribution in [0.4, 0.5) is 5.95 Å². The van der Waals surface area contributed by atoms with Gasteiger partial charge in [0.1, 0.15) is 12.0 Å². The Bertz CT molecular complexity index is 618. The van der Waals surface area contributed by atoms with Gasteiger partial charge in [0.2, 0.25) is 0 Å². The second-order valence-corrected chi connectivity index (χ2v) is 4.93. The second-order valence-electron chi connectivity index (χ2n) is 3.95. The largest absolute Gasteiger partial charge is 0.481 e. The topological polar surface area (TPSA) is 93.3 Å². The Balaban J connectivity index is 2.19. The van der Waals surface area contributed by atoms with Gasteiger partial charge in [-0.25, -0.2) is 9.67 Å². The number of hydrogen-bond donors (Lipinski definition) is 1. The zero-order valence-corrected chi connectivity index (χ0v) is 10.2. The monoisotopic (exact) mass is 263 g/mol. The van der Waals surface area contributed by atoms with Crippen LogP contribution in [0.5, 0.6) is 0 Å². The lowest BCUT2D eigenvalue weighted by atomic mass is 9.93. The number of nitrogens with zero attached hydrogens (tertiary/aromatic N) is 5. The first-order valence-electron chi connectivity index (χ1n) is 5.27. The van der Waals surface area contributed by atoms with Crippen LogP contribution in [-0.2, 0) is 4.79 Å². The van der Waals surface area contributed by atoms with Crippen molar-refractivity contribution in [1.29, 1.82) is 0 Å². The van der Waals surface area contributed by atoms with Gasteiger partial charge >= 0.3 is 5.97 Å². The highest BCUT2D eigenvalue weighted by Crippen LogP contribution is 2.36. The van der Waals surface area contributed by atoms with Crippen LogP contribution in [-0.4, -0.2) is 37.0 Å². The highest BCUT2D eigenvalue weighted by Gasteiger charge is 2.39. The van der Waals surface area contributed by atoms with E-state index >= 15 is 0 Å². The molecule has 3 heterocycles. The maximum atomic E-state index is 11.4. The summed E-state index contributed by atoms with van der Waals surface area (Å²) < 4.78 is 1.47. The Labute approximate surface area is 106 Å². The maximum Gasteiger partial charge on any atom is 0.314 e. The molecule has 0 fully saturated rings. The van der Waals surface area contributed by atoms with E-state index in [4.69, 9.17) is 0 Å². The molecular weight excluding hydrogens is 254 g/mol. The molecule has 2 aromatic rings. The number of fused-ring (bicyclic) bond motifs is 1. The molecule has 0 amide bonds. The molecule has 2 aromatic heterocycles. The Kier molecular flexibility index (Phi) is 2.44. The molecule has 0 aliphatic carbocycles. The molecule has 1 aliphatic rings. The summed E-state index contributed by atoms with van der Waals surface area (Å²) in [4.78, 5) is 16.5. The fraction of sp³-hybridized carbons (Fsp3) is 0.300. The summed E-state index contributed by atoms with van der Waals surface area (Å²) in [5.41, 5.74) is 0.517. The second kappa shape index (κ2) is 3.98. The first-order valence-corrected chi connectivity index (χ1v) is 6.15. The lowest BCUT2D eigenvalue weighted by Crippen LogP contribution is -2.35. The molecule has 0 spiro atoms. The molecule has 0 saturated carbocycles. The Hall–Kier alpha value is -2.09. The maximum absolute atomic E-state index is 11.4. The van der Waals surface area contributed by atoms with Gasteiger partial charge in [0.05, 0.1) is 0 Å². The fourth-order valence-electron chi connectivity index (χ4n) is 2.10. The van der Waals surface area contributed by atoms with Crippen LogP contribution in [0.15, 0.2) is 22.5 Å². The van der Waals surface area contributed by atoms with Crippen LogP contribution in [0.2, 0.25) is 0 Å². The van der Waals surface area contributed by atoms with E-state index in [-0.39, 0.29) is 0 Å². The van der Waals surface area contributed by atoms with Gasteiger partial charge in [0.15, 0.2) is 0 Å². The van der Waals surface area contributed by atoms with Gasteiger partial charge in [0.25, 0.3) is 5.95 Å². The number of carboxylic acids is 1. The third kappa shape index (κ3) is 1.53. The van der Waals surface area contributed by atoms with Crippen LogP contribution >= 0.6 is 11.3 Å². The molecule has 2 unspecified atom stereocenters. The number of hydrogen-bond acceptors (Lipinski definition) is 6. The van der Waals surface area contributed by atoms with Crippen LogP contribution < -0.4 is 0 Å². The quantitative estimate of drug-likeness (QED) is 0.876. The molecule has 18 heavy (non-hydrogen) atoms. The van der Waals surface area contributed by atoms with Crippen LogP contribution in [0, 0.1) is 5.92 Å². The molecule has 0 bridgehead atoms. The van der Waals surface area contributed by atoms with E-state index in [0.717, 1.165) is 4.88 Å². The van der Waals surface area contributed by atoms with Gasteiger partial charge < -0.3 is 5.11 Å². The zero-order valence-electron chi connectivity index (χ0n) is 9.39. The van der Waals surface area contributed by atoms with E-state index < -0.39 is 17.9 Å². The van der Waals surface area contributed by atoms with Gasteiger partial charge in [-0.2, -0.15) is 0 Å². The molecule has 92 valence electrons. The van der Waals surface area contributed by atoms with Gasteiger partial charge in [-0.15, -0.1) is 11.3 Å². The molecule has 3 rings (SSSR count). The number of tetrazole rings is 1. The van der Waals surface area contributed by atoms with E-state index in [9.17, 15) is 9.90 Å². The van der Waals surface area contributed by atoms with Crippen molar-refractivity contribution in [2.75, 3.05) is 0 Å². The van der Waals surface area contributed by atoms with Crippen LogP contribution in [0.25, 0.3) is 0 Å². The first-order chi connectivity index (χ1) is 8.68. The number of aliphatic carboxylic acids is 1. The Morgan fingerprint density at radius 1 is 1.56 bits per heavy atom. The van der Waals surface area contributed by atoms with Gasteiger partial charge in [-0.1, -0.05) is 11.2 Å². The van der Waals surface area contributed by atoms with Crippen molar-refractivity contribution in [2.24, 2.45) is 10.9 Å². The smallest absolute Gasteiger partial charge is 0.314 e. The first kappa shape index (κ1) is 11.0. The normalized spacial score (nSPS) is 22.4. The number of aromatic nitrogens is 4. The molecule has 1 N–H and O–H groups in total. The highest BCUT2D eigenvalue weighted by molar-refractivity contribution is 7.10.